The van der Waals surface area contributed by atoms with Gasteiger partial charge >= 0.3 is 0 Å². The fourth-order valence-electron chi connectivity index (χ4n) is 2.30. The highest BCUT2D eigenvalue weighted by Gasteiger charge is 2.19. The first-order valence-electron chi connectivity index (χ1n) is 7.36. The molecule has 0 fully saturated rings. The van der Waals surface area contributed by atoms with Crippen molar-refractivity contribution in [3.63, 3.8) is 0 Å². The SMILES string of the molecule is C1=CC(C=Cc2ccccc2)(C=Cc2ccccc2)C=CO1. The van der Waals surface area contributed by atoms with Crippen LogP contribution in [0.15, 0.2) is 97.5 Å². The average molecular weight is 286 g/mol. The van der Waals surface area contributed by atoms with E-state index < -0.39 is 0 Å². The van der Waals surface area contributed by atoms with E-state index in [-0.39, 0.29) is 5.41 Å². The molecule has 0 amide bonds. The number of hydrogen-bond acceptors (Lipinski definition) is 1. The quantitative estimate of drug-likeness (QED) is 0.725. The van der Waals surface area contributed by atoms with Gasteiger partial charge in [-0.15, -0.1) is 0 Å². The standard InChI is InChI=1S/C21H18O/c1-3-7-19(8-4-1)11-13-21(15-17-22-18-16-21)14-12-20-9-5-2-6-10-20/h1-18H. The van der Waals surface area contributed by atoms with Crippen LogP contribution in [0.25, 0.3) is 12.2 Å². The van der Waals surface area contributed by atoms with E-state index in [0.717, 1.165) is 0 Å². The van der Waals surface area contributed by atoms with E-state index >= 15 is 0 Å². The molecule has 0 radical (unpaired) electrons. The second kappa shape index (κ2) is 6.77. The summed E-state index contributed by atoms with van der Waals surface area (Å²) in [5.41, 5.74) is 2.11. The molecule has 0 bridgehead atoms. The molecule has 0 aliphatic carbocycles. The molecule has 0 N–H and O–H groups in total. The molecule has 3 rings (SSSR count). The maximum absolute atomic E-state index is 5.20. The molecule has 0 saturated heterocycles. The van der Waals surface area contributed by atoms with E-state index in [4.69, 9.17) is 4.74 Å². The summed E-state index contributed by atoms with van der Waals surface area (Å²) in [7, 11) is 0. The van der Waals surface area contributed by atoms with Gasteiger partial charge in [0.1, 0.15) is 0 Å². The molecule has 1 heteroatoms. The van der Waals surface area contributed by atoms with Crippen LogP contribution in [0.1, 0.15) is 11.1 Å². The van der Waals surface area contributed by atoms with Gasteiger partial charge in [0.2, 0.25) is 0 Å². The van der Waals surface area contributed by atoms with Gasteiger partial charge in [-0.05, 0) is 23.3 Å². The van der Waals surface area contributed by atoms with Crippen LogP contribution in [0.3, 0.4) is 0 Å². The summed E-state index contributed by atoms with van der Waals surface area (Å²) in [6, 6.07) is 20.6. The van der Waals surface area contributed by atoms with E-state index in [1.165, 1.54) is 11.1 Å². The van der Waals surface area contributed by atoms with Crippen molar-refractivity contribution in [2.24, 2.45) is 5.41 Å². The van der Waals surface area contributed by atoms with E-state index in [1.807, 2.05) is 48.6 Å². The van der Waals surface area contributed by atoms with E-state index in [0.29, 0.717) is 0 Å². The lowest BCUT2D eigenvalue weighted by molar-refractivity contribution is 0.381. The molecule has 0 unspecified atom stereocenters. The van der Waals surface area contributed by atoms with Gasteiger partial charge < -0.3 is 4.74 Å². The van der Waals surface area contributed by atoms with Crippen molar-refractivity contribution < 1.29 is 4.74 Å². The van der Waals surface area contributed by atoms with Crippen LogP contribution in [0.2, 0.25) is 0 Å². The van der Waals surface area contributed by atoms with Gasteiger partial charge in [-0.1, -0.05) is 85.0 Å². The Balaban J connectivity index is 1.87. The Morgan fingerprint density at radius 3 is 1.55 bits per heavy atom. The van der Waals surface area contributed by atoms with Gasteiger partial charge in [-0.3, -0.25) is 0 Å². The highest BCUT2D eigenvalue weighted by atomic mass is 16.5. The maximum atomic E-state index is 5.20. The molecule has 1 nitrogen and oxygen atoms in total. The minimum absolute atomic E-state index is 0.260. The zero-order chi connectivity index (χ0) is 15.1. The van der Waals surface area contributed by atoms with Crippen LogP contribution < -0.4 is 0 Å². The second-order valence-electron chi connectivity index (χ2n) is 5.23. The first-order chi connectivity index (χ1) is 10.9. The Morgan fingerprint density at radius 1 is 0.636 bits per heavy atom. The molecule has 0 aromatic heterocycles. The second-order valence-corrected chi connectivity index (χ2v) is 5.23. The van der Waals surface area contributed by atoms with Crippen LogP contribution in [0.4, 0.5) is 0 Å². The first-order valence-corrected chi connectivity index (χ1v) is 7.36. The predicted octanol–water partition coefficient (Wildman–Crippen LogP) is 5.46. The number of benzene rings is 2. The molecule has 1 aliphatic rings. The highest BCUT2D eigenvalue weighted by molar-refractivity contribution is 5.57. The lowest BCUT2D eigenvalue weighted by Crippen LogP contribution is -2.10. The molecule has 0 atom stereocenters. The number of rotatable bonds is 4. The summed E-state index contributed by atoms with van der Waals surface area (Å²) >= 11 is 0. The van der Waals surface area contributed by atoms with Crippen molar-refractivity contribution in [1.82, 2.24) is 0 Å². The van der Waals surface area contributed by atoms with E-state index in [2.05, 4.69) is 48.6 Å². The highest BCUT2D eigenvalue weighted by Crippen LogP contribution is 2.30. The van der Waals surface area contributed by atoms with Gasteiger partial charge in [0.05, 0.1) is 12.5 Å². The van der Waals surface area contributed by atoms with Gasteiger partial charge in [0, 0.05) is 5.41 Å². The Kier molecular flexibility index (Phi) is 4.35. The monoisotopic (exact) mass is 286 g/mol. The van der Waals surface area contributed by atoms with Crippen LogP contribution in [0.5, 0.6) is 0 Å². The summed E-state index contributed by atoms with van der Waals surface area (Å²) < 4.78 is 5.20. The average Bonchev–Trinajstić information content (AvgIpc) is 2.61. The molecule has 2 aromatic rings. The fourth-order valence-corrected chi connectivity index (χ4v) is 2.30. The van der Waals surface area contributed by atoms with Crippen molar-refractivity contribution in [1.29, 1.82) is 0 Å². The normalized spacial score (nSPS) is 16.2. The van der Waals surface area contributed by atoms with Crippen LogP contribution in [-0.2, 0) is 4.74 Å². The number of allylic oxidation sites excluding steroid dienone is 4. The Morgan fingerprint density at radius 2 is 1.09 bits per heavy atom. The van der Waals surface area contributed by atoms with Crippen molar-refractivity contribution >= 4 is 12.2 Å². The van der Waals surface area contributed by atoms with Crippen molar-refractivity contribution in [2.45, 2.75) is 0 Å². The van der Waals surface area contributed by atoms with Crippen LogP contribution in [-0.4, -0.2) is 0 Å². The number of ether oxygens (including phenoxy) is 1. The minimum Gasteiger partial charge on any atom is -0.473 e. The topological polar surface area (TPSA) is 9.23 Å². The maximum Gasteiger partial charge on any atom is 0.0876 e. The van der Waals surface area contributed by atoms with Crippen molar-refractivity contribution in [2.75, 3.05) is 0 Å². The molecule has 22 heavy (non-hydrogen) atoms. The molecule has 0 spiro atoms. The van der Waals surface area contributed by atoms with E-state index in [9.17, 15) is 0 Å². The predicted molar refractivity (Wildman–Crippen MR) is 92.8 cm³/mol. The lowest BCUT2D eigenvalue weighted by Gasteiger charge is -2.21. The zero-order valence-corrected chi connectivity index (χ0v) is 12.3. The molecule has 108 valence electrons. The lowest BCUT2D eigenvalue weighted by atomic mass is 9.85. The Labute approximate surface area is 131 Å². The number of hydrogen-bond donors (Lipinski definition) is 0. The summed E-state index contributed by atoms with van der Waals surface area (Å²) in [6.07, 6.45) is 16.2. The van der Waals surface area contributed by atoms with Crippen LogP contribution >= 0.6 is 0 Å². The molecule has 1 heterocycles. The Bertz CT molecular complexity index is 643. The molecular weight excluding hydrogens is 268 g/mol. The molecule has 1 aliphatic heterocycles. The minimum atomic E-state index is -0.260. The Hall–Kier alpha value is -2.80. The summed E-state index contributed by atoms with van der Waals surface area (Å²) in [5.74, 6) is 0. The summed E-state index contributed by atoms with van der Waals surface area (Å²) in [6.45, 7) is 0. The molecular formula is C21H18O. The van der Waals surface area contributed by atoms with Crippen molar-refractivity contribution in [3.05, 3.63) is 109 Å². The largest absolute Gasteiger partial charge is 0.473 e. The summed E-state index contributed by atoms with van der Waals surface area (Å²) in [5, 5.41) is 0. The third-order valence-electron chi connectivity index (χ3n) is 3.60. The third kappa shape index (κ3) is 3.64. The molecule has 0 saturated carbocycles. The van der Waals surface area contributed by atoms with Gasteiger partial charge in [0.15, 0.2) is 0 Å². The van der Waals surface area contributed by atoms with Crippen molar-refractivity contribution in [3.8, 4) is 0 Å². The van der Waals surface area contributed by atoms with Gasteiger partial charge in [0.25, 0.3) is 0 Å². The summed E-state index contributed by atoms with van der Waals surface area (Å²) in [4.78, 5) is 0. The van der Waals surface area contributed by atoms with Gasteiger partial charge in [-0.2, -0.15) is 0 Å². The smallest absolute Gasteiger partial charge is 0.0876 e. The first kappa shape index (κ1) is 14.2. The zero-order valence-electron chi connectivity index (χ0n) is 12.3. The fraction of sp³-hybridized carbons (Fsp3) is 0.0476. The van der Waals surface area contributed by atoms with E-state index in [1.54, 1.807) is 12.5 Å². The van der Waals surface area contributed by atoms with Crippen LogP contribution in [0, 0.1) is 5.41 Å². The third-order valence-corrected chi connectivity index (χ3v) is 3.60. The molecule has 2 aromatic carbocycles. The van der Waals surface area contributed by atoms with Gasteiger partial charge in [-0.25, -0.2) is 0 Å².